The van der Waals surface area contributed by atoms with Gasteiger partial charge in [0.1, 0.15) is 0 Å². The number of carbonyl (C=O) groups is 1. The third kappa shape index (κ3) is 2.27. The molecule has 5 nitrogen and oxygen atoms in total. The summed E-state index contributed by atoms with van der Waals surface area (Å²) in [6, 6.07) is 6.91. The monoisotopic (exact) mass is 258 g/mol. The lowest BCUT2D eigenvalue weighted by molar-refractivity contribution is -0.138. The van der Waals surface area contributed by atoms with Gasteiger partial charge in [0, 0.05) is 5.39 Å². The van der Waals surface area contributed by atoms with Crippen molar-refractivity contribution >= 4 is 16.7 Å². The molecule has 1 atom stereocenters. The molecule has 0 bridgehead atoms. The summed E-state index contributed by atoms with van der Waals surface area (Å²) in [6.45, 7) is 5.38. The van der Waals surface area contributed by atoms with E-state index in [-0.39, 0.29) is 12.1 Å². The van der Waals surface area contributed by atoms with E-state index in [0.717, 1.165) is 0 Å². The molecule has 1 aromatic carbocycles. The van der Waals surface area contributed by atoms with Crippen LogP contribution in [0.3, 0.4) is 0 Å². The Hall–Kier alpha value is -2.43. The molecule has 2 aromatic rings. The SMILES string of the molecule is C=CCn1nc([C@@H](C)C(=O)O)c2ccccc2c1=O. The lowest BCUT2D eigenvalue weighted by atomic mass is 10.0. The van der Waals surface area contributed by atoms with E-state index in [9.17, 15) is 9.59 Å². The first-order chi connectivity index (χ1) is 9.06. The molecule has 0 aliphatic heterocycles. The number of carboxylic acids is 1. The van der Waals surface area contributed by atoms with Crippen LogP contribution in [-0.4, -0.2) is 20.9 Å². The fraction of sp³-hybridized carbons (Fsp3) is 0.214. The predicted octanol–water partition coefficient (Wildman–Crippen LogP) is 1.77. The molecule has 0 aliphatic carbocycles. The smallest absolute Gasteiger partial charge is 0.312 e. The Morgan fingerprint density at radius 1 is 1.47 bits per heavy atom. The summed E-state index contributed by atoms with van der Waals surface area (Å²) in [5.41, 5.74) is 0.154. The van der Waals surface area contributed by atoms with E-state index in [4.69, 9.17) is 5.11 Å². The molecule has 0 amide bonds. The van der Waals surface area contributed by atoms with Gasteiger partial charge >= 0.3 is 5.97 Å². The van der Waals surface area contributed by atoms with Crippen LogP contribution < -0.4 is 5.56 Å². The van der Waals surface area contributed by atoms with Gasteiger partial charge in [0.25, 0.3) is 5.56 Å². The van der Waals surface area contributed by atoms with Crippen LogP contribution in [0.4, 0.5) is 0 Å². The number of fused-ring (bicyclic) bond motifs is 1. The minimum atomic E-state index is -0.971. The predicted molar refractivity (Wildman–Crippen MR) is 72.3 cm³/mol. The number of hydrogen-bond donors (Lipinski definition) is 1. The van der Waals surface area contributed by atoms with Crippen molar-refractivity contribution in [2.75, 3.05) is 0 Å². The second-order valence-corrected chi connectivity index (χ2v) is 4.27. The lowest BCUT2D eigenvalue weighted by Crippen LogP contribution is -2.26. The molecule has 0 unspecified atom stereocenters. The minimum absolute atomic E-state index is 0.239. The summed E-state index contributed by atoms with van der Waals surface area (Å²) in [5, 5.41) is 14.4. The number of carboxylic acid groups (broad SMARTS) is 1. The van der Waals surface area contributed by atoms with Crippen LogP contribution in [0.25, 0.3) is 10.8 Å². The molecular weight excluding hydrogens is 244 g/mol. The van der Waals surface area contributed by atoms with Crippen LogP contribution in [0.1, 0.15) is 18.5 Å². The van der Waals surface area contributed by atoms with Gasteiger partial charge in [-0.1, -0.05) is 24.3 Å². The van der Waals surface area contributed by atoms with Crippen molar-refractivity contribution in [1.82, 2.24) is 9.78 Å². The van der Waals surface area contributed by atoms with Gasteiger partial charge in [-0.05, 0) is 13.0 Å². The number of hydrogen-bond acceptors (Lipinski definition) is 3. The largest absolute Gasteiger partial charge is 0.481 e. The summed E-state index contributed by atoms with van der Waals surface area (Å²) in [4.78, 5) is 23.3. The van der Waals surface area contributed by atoms with Crippen LogP contribution in [0.15, 0.2) is 41.7 Å². The summed E-state index contributed by atoms with van der Waals surface area (Å²) >= 11 is 0. The summed E-state index contributed by atoms with van der Waals surface area (Å²) in [6.07, 6.45) is 1.55. The van der Waals surface area contributed by atoms with Crippen LogP contribution >= 0.6 is 0 Å². The highest BCUT2D eigenvalue weighted by Gasteiger charge is 2.20. The molecule has 0 spiro atoms. The molecule has 5 heteroatoms. The van der Waals surface area contributed by atoms with Gasteiger partial charge in [0.05, 0.1) is 23.5 Å². The van der Waals surface area contributed by atoms with Gasteiger partial charge in [0.2, 0.25) is 0 Å². The fourth-order valence-corrected chi connectivity index (χ4v) is 1.94. The molecule has 0 saturated heterocycles. The lowest BCUT2D eigenvalue weighted by Gasteiger charge is -2.12. The minimum Gasteiger partial charge on any atom is -0.481 e. The summed E-state index contributed by atoms with van der Waals surface area (Å²) in [7, 11) is 0. The van der Waals surface area contributed by atoms with E-state index in [1.807, 2.05) is 0 Å². The maximum absolute atomic E-state index is 12.2. The highest BCUT2D eigenvalue weighted by atomic mass is 16.4. The molecule has 0 saturated carbocycles. The second kappa shape index (κ2) is 5.06. The van der Waals surface area contributed by atoms with Gasteiger partial charge in [-0.2, -0.15) is 5.10 Å². The summed E-state index contributed by atoms with van der Waals surface area (Å²) in [5.74, 6) is -1.75. The van der Waals surface area contributed by atoms with E-state index in [2.05, 4.69) is 11.7 Å². The van der Waals surface area contributed by atoms with Gasteiger partial charge in [-0.15, -0.1) is 6.58 Å². The Labute approximate surface area is 109 Å². The summed E-state index contributed by atoms with van der Waals surface area (Å²) < 4.78 is 1.24. The topological polar surface area (TPSA) is 72.2 Å². The first-order valence-corrected chi connectivity index (χ1v) is 5.89. The highest BCUT2D eigenvalue weighted by Crippen LogP contribution is 2.21. The first kappa shape index (κ1) is 13.0. The second-order valence-electron chi connectivity index (χ2n) is 4.27. The Morgan fingerprint density at radius 3 is 2.68 bits per heavy atom. The number of aliphatic carboxylic acids is 1. The molecule has 0 radical (unpaired) electrons. The Balaban J connectivity index is 2.81. The van der Waals surface area contributed by atoms with Gasteiger partial charge in [-0.3, -0.25) is 9.59 Å². The van der Waals surface area contributed by atoms with Gasteiger partial charge in [0.15, 0.2) is 0 Å². The molecule has 0 aliphatic rings. The maximum atomic E-state index is 12.2. The zero-order valence-electron chi connectivity index (χ0n) is 10.5. The van der Waals surface area contributed by atoms with Crippen molar-refractivity contribution in [2.24, 2.45) is 0 Å². The zero-order chi connectivity index (χ0) is 14.0. The Morgan fingerprint density at radius 2 is 2.11 bits per heavy atom. The average Bonchev–Trinajstić information content (AvgIpc) is 2.41. The fourth-order valence-electron chi connectivity index (χ4n) is 1.94. The third-order valence-corrected chi connectivity index (χ3v) is 2.98. The van der Waals surface area contributed by atoms with Gasteiger partial charge < -0.3 is 5.11 Å². The van der Waals surface area contributed by atoms with E-state index in [1.165, 1.54) is 4.68 Å². The van der Waals surface area contributed by atoms with Crippen LogP contribution in [0.5, 0.6) is 0 Å². The van der Waals surface area contributed by atoms with Crippen molar-refractivity contribution < 1.29 is 9.90 Å². The first-order valence-electron chi connectivity index (χ1n) is 5.89. The van der Waals surface area contributed by atoms with Crippen LogP contribution in [0.2, 0.25) is 0 Å². The van der Waals surface area contributed by atoms with E-state index in [0.29, 0.717) is 16.5 Å². The molecule has 1 N–H and O–H groups in total. The number of allylic oxidation sites excluding steroid dienone is 1. The molecule has 1 aromatic heterocycles. The molecule has 19 heavy (non-hydrogen) atoms. The quantitative estimate of drug-likeness (QED) is 0.848. The van der Waals surface area contributed by atoms with Crippen molar-refractivity contribution in [3.63, 3.8) is 0 Å². The van der Waals surface area contributed by atoms with Crippen molar-refractivity contribution in [2.45, 2.75) is 19.4 Å². The van der Waals surface area contributed by atoms with Crippen molar-refractivity contribution in [1.29, 1.82) is 0 Å². The molecule has 98 valence electrons. The number of aromatic nitrogens is 2. The Kier molecular flexibility index (Phi) is 3.46. The van der Waals surface area contributed by atoms with Crippen LogP contribution in [-0.2, 0) is 11.3 Å². The maximum Gasteiger partial charge on any atom is 0.312 e. The molecule has 1 heterocycles. The Bertz CT molecular complexity index is 703. The number of benzene rings is 1. The van der Waals surface area contributed by atoms with Crippen molar-refractivity contribution in [3.05, 3.63) is 53.0 Å². The molecule has 0 fully saturated rings. The van der Waals surface area contributed by atoms with E-state index >= 15 is 0 Å². The van der Waals surface area contributed by atoms with Gasteiger partial charge in [-0.25, -0.2) is 4.68 Å². The molecule has 2 rings (SSSR count). The number of nitrogens with zero attached hydrogens (tertiary/aromatic N) is 2. The highest BCUT2D eigenvalue weighted by molar-refractivity contribution is 5.88. The van der Waals surface area contributed by atoms with E-state index < -0.39 is 11.9 Å². The van der Waals surface area contributed by atoms with Crippen LogP contribution in [0, 0.1) is 0 Å². The third-order valence-electron chi connectivity index (χ3n) is 2.98. The zero-order valence-corrected chi connectivity index (χ0v) is 10.5. The van der Waals surface area contributed by atoms with E-state index in [1.54, 1.807) is 37.3 Å². The standard InChI is InChI=1S/C14H14N2O3/c1-3-8-16-13(17)11-7-5-4-6-10(11)12(15-16)9(2)14(18)19/h3-7,9H,1,8H2,2H3,(H,18,19)/t9-/m1/s1. The number of rotatable bonds is 4. The average molecular weight is 258 g/mol. The molecular formula is C14H14N2O3. The van der Waals surface area contributed by atoms with Crippen molar-refractivity contribution in [3.8, 4) is 0 Å². The normalized spacial score (nSPS) is 12.3.